The van der Waals surface area contributed by atoms with E-state index in [-0.39, 0.29) is 5.91 Å². The number of hydrogen-bond acceptors (Lipinski definition) is 1. The summed E-state index contributed by atoms with van der Waals surface area (Å²) in [5, 5.41) is 3.05. The van der Waals surface area contributed by atoms with E-state index in [4.69, 9.17) is 23.2 Å². The lowest BCUT2D eigenvalue weighted by Gasteiger charge is -2.01. The van der Waals surface area contributed by atoms with Crippen molar-refractivity contribution in [3.8, 4) is 0 Å². The van der Waals surface area contributed by atoms with Crippen molar-refractivity contribution in [1.29, 1.82) is 0 Å². The molecule has 12 heavy (non-hydrogen) atoms. The Morgan fingerprint density at radius 2 is 2.08 bits per heavy atom. The van der Waals surface area contributed by atoms with E-state index in [0.29, 0.717) is 15.6 Å². The smallest absolute Gasteiger partial charge is 0.252 e. The molecule has 0 aliphatic carbocycles. The van der Waals surface area contributed by atoms with Crippen molar-refractivity contribution in [2.45, 2.75) is 0 Å². The molecule has 1 aromatic rings. The van der Waals surface area contributed by atoms with Crippen molar-refractivity contribution in [3.63, 3.8) is 0 Å². The Hall–Kier alpha value is -0.730. The minimum atomic E-state index is -0.323. The molecule has 0 unspecified atom stereocenters. The van der Waals surface area contributed by atoms with E-state index < -0.39 is 0 Å². The summed E-state index contributed by atoms with van der Waals surface area (Å²) in [6, 6.07) is 4.65. The van der Waals surface area contributed by atoms with E-state index in [2.05, 4.69) is 12.4 Å². The Balaban J connectivity index is 3.09. The fraction of sp³-hybridized carbons (Fsp3) is 0. The summed E-state index contributed by atoms with van der Waals surface area (Å²) in [5.74, 6) is -0.323. The third-order valence-corrected chi connectivity index (χ3v) is 1.88. The predicted octanol–water partition coefficient (Wildman–Crippen LogP) is 2.51. The van der Waals surface area contributed by atoms with Gasteiger partial charge in [-0.1, -0.05) is 23.2 Å². The zero-order valence-electron chi connectivity index (χ0n) is 6.10. The van der Waals surface area contributed by atoms with E-state index in [1.54, 1.807) is 12.1 Å². The second-order valence-electron chi connectivity index (χ2n) is 2.13. The average molecular weight is 203 g/mol. The van der Waals surface area contributed by atoms with Crippen molar-refractivity contribution in [3.05, 3.63) is 40.9 Å². The summed E-state index contributed by atoms with van der Waals surface area (Å²) in [4.78, 5) is 11.0. The highest BCUT2D eigenvalue weighted by Gasteiger charge is 2.07. The standard InChI is InChI=1S/C8H6Cl2NO/c1-11-8(12)6-3-2-5(9)4-7(6)10/h2-4H,1H2,(H,11,12). The molecule has 0 bridgehead atoms. The maximum Gasteiger partial charge on any atom is 0.252 e. The van der Waals surface area contributed by atoms with Gasteiger partial charge >= 0.3 is 0 Å². The Morgan fingerprint density at radius 3 is 2.58 bits per heavy atom. The van der Waals surface area contributed by atoms with Crippen LogP contribution in [0, 0.1) is 7.05 Å². The first kappa shape index (κ1) is 9.36. The van der Waals surface area contributed by atoms with Crippen LogP contribution in [0.3, 0.4) is 0 Å². The lowest BCUT2D eigenvalue weighted by molar-refractivity contribution is 0.0969. The minimum Gasteiger partial charge on any atom is -0.350 e. The first-order valence-corrected chi connectivity index (χ1v) is 3.93. The molecular formula is C8H6Cl2NO. The third-order valence-electron chi connectivity index (χ3n) is 1.34. The van der Waals surface area contributed by atoms with Gasteiger partial charge in [-0.15, -0.1) is 0 Å². The number of nitrogens with one attached hydrogen (secondary N) is 1. The van der Waals surface area contributed by atoms with Crippen LogP contribution in [0.4, 0.5) is 0 Å². The quantitative estimate of drug-likeness (QED) is 0.746. The van der Waals surface area contributed by atoms with Gasteiger partial charge in [-0.3, -0.25) is 4.79 Å². The Morgan fingerprint density at radius 1 is 1.42 bits per heavy atom. The van der Waals surface area contributed by atoms with Crippen molar-refractivity contribution in [2.75, 3.05) is 0 Å². The van der Waals surface area contributed by atoms with Crippen LogP contribution < -0.4 is 5.32 Å². The summed E-state index contributed by atoms with van der Waals surface area (Å²) in [6.07, 6.45) is 0. The molecule has 1 aromatic carbocycles. The summed E-state index contributed by atoms with van der Waals surface area (Å²) in [7, 11) is 3.23. The van der Waals surface area contributed by atoms with Gasteiger partial charge in [-0.05, 0) is 18.2 Å². The number of rotatable bonds is 1. The maximum atomic E-state index is 11.0. The zero-order chi connectivity index (χ0) is 9.14. The number of amides is 1. The third kappa shape index (κ3) is 1.90. The second-order valence-corrected chi connectivity index (χ2v) is 2.97. The van der Waals surface area contributed by atoms with Gasteiger partial charge in [0.25, 0.3) is 5.91 Å². The van der Waals surface area contributed by atoms with Gasteiger partial charge in [0, 0.05) is 12.1 Å². The molecule has 1 N–H and O–H groups in total. The van der Waals surface area contributed by atoms with E-state index in [9.17, 15) is 4.79 Å². The molecule has 0 saturated heterocycles. The van der Waals surface area contributed by atoms with Gasteiger partial charge in [0.2, 0.25) is 0 Å². The number of carbonyl (C=O) groups excluding carboxylic acids is 1. The van der Waals surface area contributed by atoms with Crippen LogP contribution in [0.1, 0.15) is 10.4 Å². The molecule has 2 nitrogen and oxygen atoms in total. The highest BCUT2D eigenvalue weighted by molar-refractivity contribution is 6.36. The Kier molecular flexibility index (Phi) is 2.95. The van der Waals surface area contributed by atoms with E-state index in [1.807, 2.05) is 0 Å². The summed E-state index contributed by atoms with van der Waals surface area (Å²) in [6.45, 7) is 0. The first-order chi connectivity index (χ1) is 5.65. The molecule has 0 atom stereocenters. The molecule has 0 heterocycles. The molecule has 0 aromatic heterocycles. The fourth-order valence-corrected chi connectivity index (χ4v) is 1.26. The molecule has 4 heteroatoms. The molecule has 1 radical (unpaired) electrons. The van der Waals surface area contributed by atoms with Crippen LogP contribution in [0.5, 0.6) is 0 Å². The maximum absolute atomic E-state index is 11.0. The van der Waals surface area contributed by atoms with Gasteiger partial charge in [-0.2, -0.15) is 0 Å². The Bertz CT molecular complexity index is 312. The molecule has 0 fully saturated rings. The van der Waals surface area contributed by atoms with Crippen LogP contribution in [0.2, 0.25) is 10.0 Å². The summed E-state index contributed by atoms with van der Waals surface area (Å²) >= 11 is 11.4. The van der Waals surface area contributed by atoms with Crippen LogP contribution in [-0.2, 0) is 0 Å². The molecule has 63 valence electrons. The number of benzene rings is 1. The Labute approximate surface area is 80.5 Å². The van der Waals surface area contributed by atoms with Crippen LogP contribution in [0.25, 0.3) is 0 Å². The highest BCUT2D eigenvalue weighted by Crippen LogP contribution is 2.20. The molecule has 0 aliphatic rings. The number of carbonyl (C=O) groups is 1. The second kappa shape index (κ2) is 3.78. The topological polar surface area (TPSA) is 29.1 Å². The number of halogens is 2. The average Bonchev–Trinajstić information content (AvgIpc) is 2.03. The van der Waals surface area contributed by atoms with Crippen LogP contribution in [-0.4, -0.2) is 5.91 Å². The monoisotopic (exact) mass is 202 g/mol. The van der Waals surface area contributed by atoms with Crippen molar-refractivity contribution >= 4 is 29.1 Å². The van der Waals surface area contributed by atoms with Crippen molar-refractivity contribution in [1.82, 2.24) is 5.32 Å². The lowest BCUT2D eigenvalue weighted by atomic mass is 10.2. The van der Waals surface area contributed by atoms with Gasteiger partial charge in [0.1, 0.15) is 0 Å². The summed E-state index contributed by atoms with van der Waals surface area (Å²) < 4.78 is 0. The normalized spacial score (nSPS) is 9.58. The van der Waals surface area contributed by atoms with Crippen molar-refractivity contribution in [2.24, 2.45) is 0 Å². The molecular weight excluding hydrogens is 197 g/mol. The summed E-state index contributed by atoms with van der Waals surface area (Å²) in [5.41, 5.74) is 0.371. The molecule has 0 spiro atoms. The van der Waals surface area contributed by atoms with Crippen molar-refractivity contribution < 1.29 is 4.79 Å². The zero-order valence-corrected chi connectivity index (χ0v) is 7.62. The molecule has 1 amide bonds. The minimum absolute atomic E-state index is 0.323. The van der Waals surface area contributed by atoms with Gasteiger partial charge in [0.05, 0.1) is 10.6 Å². The fourth-order valence-electron chi connectivity index (χ4n) is 0.769. The van der Waals surface area contributed by atoms with Crippen LogP contribution in [0.15, 0.2) is 18.2 Å². The largest absolute Gasteiger partial charge is 0.350 e. The SMILES string of the molecule is [CH2]NC(=O)c1ccc(Cl)cc1Cl. The molecule has 0 aliphatic heterocycles. The molecule has 1 rings (SSSR count). The van der Waals surface area contributed by atoms with E-state index >= 15 is 0 Å². The van der Waals surface area contributed by atoms with E-state index in [0.717, 1.165) is 0 Å². The predicted molar refractivity (Wildman–Crippen MR) is 49.3 cm³/mol. The van der Waals surface area contributed by atoms with Gasteiger partial charge < -0.3 is 5.32 Å². The molecule has 0 saturated carbocycles. The number of hydrogen-bond donors (Lipinski definition) is 1. The lowest BCUT2D eigenvalue weighted by Crippen LogP contribution is -2.15. The van der Waals surface area contributed by atoms with Gasteiger partial charge in [-0.25, -0.2) is 0 Å². The highest BCUT2D eigenvalue weighted by atomic mass is 35.5. The first-order valence-electron chi connectivity index (χ1n) is 3.17. The van der Waals surface area contributed by atoms with E-state index in [1.165, 1.54) is 6.07 Å². The van der Waals surface area contributed by atoms with Crippen LogP contribution >= 0.6 is 23.2 Å². The van der Waals surface area contributed by atoms with Gasteiger partial charge in [0.15, 0.2) is 0 Å².